The van der Waals surface area contributed by atoms with Crippen LogP contribution in [0.5, 0.6) is 0 Å². The third-order valence-electron chi connectivity index (χ3n) is 2.80. The average Bonchev–Trinajstić information content (AvgIpc) is 2.43. The fraction of sp³-hybridized carbons (Fsp3) is 0.333. The summed E-state index contributed by atoms with van der Waals surface area (Å²) in [5.74, 6) is 0. The summed E-state index contributed by atoms with van der Waals surface area (Å²) in [5.41, 5.74) is 0.211. The molecule has 0 aliphatic carbocycles. The Morgan fingerprint density at radius 2 is 2.30 bits per heavy atom. The number of methoxy groups -OCH3 is 1. The van der Waals surface area contributed by atoms with Crippen molar-refractivity contribution in [1.29, 1.82) is 0 Å². The molecule has 0 saturated carbocycles. The Bertz CT molecular complexity index is 683. The first-order valence-corrected chi connectivity index (χ1v) is 6.02. The number of hydrogen-bond acceptors (Lipinski definition) is 6. The molecule has 106 valence electrons. The van der Waals surface area contributed by atoms with Crippen molar-refractivity contribution < 1.29 is 9.66 Å². The van der Waals surface area contributed by atoms with Gasteiger partial charge in [-0.2, -0.15) is 0 Å². The zero-order chi connectivity index (χ0) is 14.5. The van der Waals surface area contributed by atoms with Gasteiger partial charge in [-0.3, -0.25) is 14.9 Å². The number of aromatic amines is 1. The van der Waals surface area contributed by atoms with Crippen LogP contribution >= 0.6 is 0 Å². The second-order valence-corrected chi connectivity index (χ2v) is 4.15. The van der Waals surface area contributed by atoms with Crippen LogP contribution in [0.1, 0.15) is 6.42 Å². The fourth-order valence-electron chi connectivity index (χ4n) is 1.84. The number of ether oxygens (including phenoxy) is 1. The monoisotopic (exact) mass is 278 g/mol. The number of aromatic nitrogens is 2. The normalized spacial score (nSPS) is 10.7. The third-order valence-corrected chi connectivity index (χ3v) is 2.80. The van der Waals surface area contributed by atoms with Crippen LogP contribution in [-0.4, -0.2) is 35.2 Å². The Morgan fingerprint density at radius 3 is 3.00 bits per heavy atom. The maximum absolute atomic E-state index is 11.6. The van der Waals surface area contributed by atoms with Crippen LogP contribution < -0.4 is 10.9 Å². The quantitative estimate of drug-likeness (QED) is 0.468. The van der Waals surface area contributed by atoms with Crippen molar-refractivity contribution in [1.82, 2.24) is 9.97 Å². The molecule has 0 aliphatic heterocycles. The van der Waals surface area contributed by atoms with Gasteiger partial charge in [-0.1, -0.05) is 0 Å². The van der Waals surface area contributed by atoms with Crippen molar-refractivity contribution >= 4 is 22.3 Å². The summed E-state index contributed by atoms with van der Waals surface area (Å²) in [7, 11) is 1.59. The minimum atomic E-state index is -0.523. The zero-order valence-electron chi connectivity index (χ0n) is 10.9. The number of nitro benzene ring substituents is 1. The van der Waals surface area contributed by atoms with Gasteiger partial charge in [0.1, 0.15) is 5.69 Å². The topological polar surface area (TPSA) is 110 Å². The van der Waals surface area contributed by atoms with Crippen molar-refractivity contribution in [2.24, 2.45) is 0 Å². The first-order valence-electron chi connectivity index (χ1n) is 6.02. The lowest BCUT2D eigenvalue weighted by molar-refractivity contribution is -0.383. The third kappa shape index (κ3) is 2.91. The molecular formula is C12H14N4O4. The Labute approximate surface area is 113 Å². The molecule has 2 rings (SSSR count). The number of rotatable bonds is 6. The van der Waals surface area contributed by atoms with Crippen molar-refractivity contribution in [2.45, 2.75) is 6.42 Å². The molecule has 1 aromatic heterocycles. The van der Waals surface area contributed by atoms with Crippen LogP contribution in [0.3, 0.4) is 0 Å². The van der Waals surface area contributed by atoms with E-state index in [-0.39, 0.29) is 11.1 Å². The van der Waals surface area contributed by atoms with Crippen LogP contribution in [0.4, 0.5) is 11.4 Å². The Kier molecular flexibility index (Phi) is 4.26. The molecule has 0 aliphatic rings. The fourth-order valence-corrected chi connectivity index (χ4v) is 1.84. The van der Waals surface area contributed by atoms with Crippen LogP contribution in [0.25, 0.3) is 10.9 Å². The van der Waals surface area contributed by atoms with Gasteiger partial charge in [0.05, 0.1) is 22.2 Å². The summed E-state index contributed by atoms with van der Waals surface area (Å²) in [6.07, 6.45) is 1.99. The summed E-state index contributed by atoms with van der Waals surface area (Å²) in [4.78, 5) is 28.6. The van der Waals surface area contributed by atoms with Gasteiger partial charge >= 0.3 is 0 Å². The number of H-pyrrole nitrogens is 1. The van der Waals surface area contributed by atoms with Crippen LogP contribution in [0.15, 0.2) is 23.3 Å². The second kappa shape index (κ2) is 6.11. The molecule has 8 heteroatoms. The van der Waals surface area contributed by atoms with Crippen molar-refractivity contribution in [2.75, 3.05) is 25.6 Å². The van der Waals surface area contributed by atoms with E-state index in [1.165, 1.54) is 18.5 Å². The standard InChI is InChI=1S/C12H14N4O4/c1-20-4-2-3-13-10-6-9-8(5-11(10)16(18)19)12(17)15-7-14-9/h5-7,13H,2-4H2,1H3,(H,14,15,17). The summed E-state index contributed by atoms with van der Waals surface area (Å²) in [6, 6.07) is 2.75. The molecule has 20 heavy (non-hydrogen) atoms. The largest absolute Gasteiger partial charge is 0.385 e. The lowest BCUT2D eigenvalue weighted by Crippen LogP contribution is -2.10. The number of anilines is 1. The van der Waals surface area contributed by atoms with E-state index >= 15 is 0 Å². The summed E-state index contributed by atoms with van der Waals surface area (Å²) < 4.78 is 4.91. The maximum Gasteiger partial charge on any atom is 0.293 e. The highest BCUT2D eigenvalue weighted by atomic mass is 16.6. The Morgan fingerprint density at radius 1 is 1.50 bits per heavy atom. The highest BCUT2D eigenvalue weighted by Gasteiger charge is 2.16. The van der Waals surface area contributed by atoms with Gasteiger partial charge in [0.25, 0.3) is 11.2 Å². The lowest BCUT2D eigenvalue weighted by Gasteiger charge is -2.07. The number of benzene rings is 1. The summed E-state index contributed by atoms with van der Waals surface area (Å²) in [5, 5.41) is 14.2. The number of nitrogens with zero attached hydrogens (tertiary/aromatic N) is 2. The molecule has 0 atom stereocenters. The molecular weight excluding hydrogens is 264 g/mol. The van der Waals surface area contributed by atoms with E-state index in [4.69, 9.17) is 4.74 Å². The van der Waals surface area contributed by atoms with E-state index < -0.39 is 10.5 Å². The van der Waals surface area contributed by atoms with Crippen LogP contribution in [0.2, 0.25) is 0 Å². The summed E-state index contributed by atoms with van der Waals surface area (Å²) >= 11 is 0. The van der Waals surface area contributed by atoms with E-state index in [9.17, 15) is 14.9 Å². The highest BCUT2D eigenvalue weighted by Crippen LogP contribution is 2.27. The van der Waals surface area contributed by atoms with Gasteiger partial charge in [0.15, 0.2) is 0 Å². The first kappa shape index (κ1) is 13.9. The van der Waals surface area contributed by atoms with Gasteiger partial charge in [0.2, 0.25) is 0 Å². The molecule has 0 saturated heterocycles. The number of nitrogens with one attached hydrogen (secondary N) is 2. The highest BCUT2D eigenvalue weighted by molar-refractivity contribution is 5.86. The van der Waals surface area contributed by atoms with E-state index in [1.54, 1.807) is 7.11 Å². The smallest absolute Gasteiger partial charge is 0.293 e. The van der Waals surface area contributed by atoms with Crippen molar-refractivity contribution in [3.63, 3.8) is 0 Å². The Hall–Kier alpha value is -2.48. The maximum atomic E-state index is 11.6. The minimum absolute atomic E-state index is 0.145. The molecule has 0 radical (unpaired) electrons. The summed E-state index contributed by atoms with van der Waals surface area (Å²) in [6.45, 7) is 1.09. The zero-order valence-corrected chi connectivity index (χ0v) is 10.9. The molecule has 2 N–H and O–H groups in total. The predicted octanol–water partition coefficient (Wildman–Crippen LogP) is 1.28. The van der Waals surface area contributed by atoms with Crippen LogP contribution in [-0.2, 0) is 4.74 Å². The predicted molar refractivity (Wildman–Crippen MR) is 74.0 cm³/mol. The van der Waals surface area contributed by atoms with Gasteiger partial charge in [-0.25, -0.2) is 4.98 Å². The van der Waals surface area contributed by atoms with Gasteiger partial charge in [-0.05, 0) is 12.5 Å². The van der Waals surface area contributed by atoms with Gasteiger partial charge in [0, 0.05) is 26.3 Å². The van der Waals surface area contributed by atoms with E-state index in [1.807, 2.05) is 0 Å². The Balaban J connectivity index is 2.39. The molecule has 0 bridgehead atoms. The second-order valence-electron chi connectivity index (χ2n) is 4.15. The van der Waals surface area contributed by atoms with Gasteiger partial charge in [-0.15, -0.1) is 0 Å². The molecule has 2 aromatic rings. The molecule has 1 aromatic carbocycles. The molecule has 0 fully saturated rings. The molecule has 0 spiro atoms. The van der Waals surface area contributed by atoms with E-state index in [0.29, 0.717) is 30.8 Å². The van der Waals surface area contributed by atoms with Crippen molar-refractivity contribution in [3.8, 4) is 0 Å². The molecule has 8 nitrogen and oxygen atoms in total. The average molecular weight is 278 g/mol. The number of hydrogen-bond donors (Lipinski definition) is 2. The van der Waals surface area contributed by atoms with Crippen LogP contribution in [0, 0.1) is 10.1 Å². The minimum Gasteiger partial charge on any atom is -0.385 e. The van der Waals surface area contributed by atoms with Crippen molar-refractivity contribution in [3.05, 3.63) is 38.9 Å². The molecule has 0 amide bonds. The molecule has 1 heterocycles. The first-order chi connectivity index (χ1) is 9.63. The van der Waals surface area contributed by atoms with E-state index in [0.717, 1.165) is 0 Å². The molecule has 0 unspecified atom stereocenters. The van der Waals surface area contributed by atoms with Gasteiger partial charge < -0.3 is 15.0 Å². The number of nitro groups is 1. The van der Waals surface area contributed by atoms with E-state index in [2.05, 4.69) is 15.3 Å². The lowest BCUT2D eigenvalue weighted by atomic mass is 10.2. The number of fused-ring (bicyclic) bond motifs is 1. The SMILES string of the molecule is COCCCNc1cc2nc[nH]c(=O)c2cc1[N+](=O)[O-].